The highest BCUT2D eigenvalue weighted by atomic mass is 79.9. The summed E-state index contributed by atoms with van der Waals surface area (Å²) < 4.78 is 1.02. The molecule has 0 aliphatic heterocycles. The molecule has 0 aliphatic rings. The molecule has 1 aromatic rings. The van der Waals surface area contributed by atoms with Crippen LogP contribution in [0, 0.1) is 5.92 Å². The SMILES string of the molecule is CC(C)Cc1sc(Br)nc1C(C)C. The predicted molar refractivity (Wildman–Crippen MR) is 62.4 cm³/mol. The quantitative estimate of drug-likeness (QED) is 0.794. The summed E-state index contributed by atoms with van der Waals surface area (Å²) in [5, 5.41) is 0. The number of hydrogen-bond donors (Lipinski definition) is 0. The third-order valence-corrected chi connectivity index (χ3v) is 3.39. The number of nitrogens with zero attached hydrogens (tertiary/aromatic N) is 1. The molecule has 74 valence electrons. The van der Waals surface area contributed by atoms with Crippen LogP contribution in [0.25, 0.3) is 0 Å². The second kappa shape index (κ2) is 4.56. The van der Waals surface area contributed by atoms with Crippen molar-refractivity contribution in [2.24, 2.45) is 5.92 Å². The highest BCUT2D eigenvalue weighted by Gasteiger charge is 2.13. The van der Waals surface area contributed by atoms with Crippen molar-refractivity contribution in [2.45, 2.75) is 40.0 Å². The molecule has 0 aromatic carbocycles. The van der Waals surface area contributed by atoms with Gasteiger partial charge in [-0.2, -0.15) is 0 Å². The number of halogens is 1. The molecule has 0 radical (unpaired) electrons. The van der Waals surface area contributed by atoms with E-state index in [2.05, 4.69) is 48.6 Å². The van der Waals surface area contributed by atoms with Gasteiger partial charge in [-0.05, 0) is 34.2 Å². The van der Waals surface area contributed by atoms with E-state index >= 15 is 0 Å². The summed E-state index contributed by atoms with van der Waals surface area (Å²) in [5.74, 6) is 1.25. The zero-order chi connectivity index (χ0) is 10.0. The lowest BCUT2D eigenvalue weighted by atomic mass is 10.0. The van der Waals surface area contributed by atoms with Crippen molar-refractivity contribution >= 4 is 27.3 Å². The first-order valence-corrected chi connectivity index (χ1v) is 6.26. The molecule has 0 fully saturated rings. The summed E-state index contributed by atoms with van der Waals surface area (Å²) in [7, 11) is 0. The van der Waals surface area contributed by atoms with E-state index in [1.165, 1.54) is 10.6 Å². The Bertz CT molecular complexity index is 278. The molecule has 0 aliphatic carbocycles. The fourth-order valence-corrected chi connectivity index (χ4v) is 3.23. The smallest absolute Gasteiger partial charge is 0.159 e. The normalized spacial score (nSPS) is 11.6. The van der Waals surface area contributed by atoms with Crippen LogP contribution >= 0.6 is 27.3 Å². The predicted octanol–water partition coefficient (Wildman–Crippen LogP) is 4.23. The fraction of sp³-hybridized carbons (Fsp3) is 0.700. The lowest BCUT2D eigenvalue weighted by Gasteiger charge is -2.06. The monoisotopic (exact) mass is 261 g/mol. The second-order valence-electron chi connectivity index (χ2n) is 4.03. The van der Waals surface area contributed by atoms with Crippen LogP contribution in [-0.4, -0.2) is 4.98 Å². The maximum Gasteiger partial charge on any atom is 0.159 e. The summed E-state index contributed by atoms with van der Waals surface area (Å²) >= 11 is 5.23. The van der Waals surface area contributed by atoms with E-state index in [0.717, 1.165) is 10.3 Å². The molecule has 1 rings (SSSR count). The van der Waals surface area contributed by atoms with Crippen molar-refractivity contribution in [3.8, 4) is 0 Å². The molecule has 1 aromatic heterocycles. The van der Waals surface area contributed by atoms with Crippen LogP contribution in [0.5, 0.6) is 0 Å². The minimum Gasteiger partial charge on any atom is -0.234 e. The van der Waals surface area contributed by atoms with Crippen LogP contribution in [0.15, 0.2) is 3.92 Å². The minimum atomic E-state index is 0.538. The van der Waals surface area contributed by atoms with E-state index in [9.17, 15) is 0 Å². The maximum absolute atomic E-state index is 4.50. The van der Waals surface area contributed by atoms with Gasteiger partial charge in [0.25, 0.3) is 0 Å². The molecule has 0 N–H and O–H groups in total. The summed E-state index contributed by atoms with van der Waals surface area (Å²) in [6.07, 6.45) is 1.15. The van der Waals surface area contributed by atoms with Crippen molar-refractivity contribution in [1.82, 2.24) is 4.98 Å². The minimum absolute atomic E-state index is 0.538. The highest BCUT2D eigenvalue weighted by molar-refractivity contribution is 9.11. The van der Waals surface area contributed by atoms with Crippen LogP contribution in [0.1, 0.15) is 44.2 Å². The summed E-state index contributed by atoms with van der Waals surface area (Å²) in [4.78, 5) is 5.94. The molecule has 0 spiro atoms. The Kier molecular flexibility index (Phi) is 3.92. The number of aromatic nitrogens is 1. The van der Waals surface area contributed by atoms with Gasteiger partial charge < -0.3 is 0 Å². The average molecular weight is 262 g/mol. The third-order valence-electron chi connectivity index (χ3n) is 1.84. The zero-order valence-electron chi connectivity index (χ0n) is 8.60. The van der Waals surface area contributed by atoms with Crippen LogP contribution in [0.2, 0.25) is 0 Å². The largest absolute Gasteiger partial charge is 0.234 e. The molecule has 3 heteroatoms. The van der Waals surface area contributed by atoms with Gasteiger partial charge in [0, 0.05) is 4.88 Å². The first-order valence-electron chi connectivity index (χ1n) is 4.65. The summed E-state index contributed by atoms with van der Waals surface area (Å²) in [5.41, 5.74) is 1.27. The van der Waals surface area contributed by atoms with E-state index < -0.39 is 0 Å². The van der Waals surface area contributed by atoms with Gasteiger partial charge in [-0.3, -0.25) is 0 Å². The van der Waals surface area contributed by atoms with E-state index in [0.29, 0.717) is 11.8 Å². The van der Waals surface area contributed by atoms with E-state index in [1.807, 2.05) is 0 Å². The van der Waals surface area contributed by atoms with Crippen molar-refractivity contribution in [2.75, 3.05) is 0 Å². The first-order chi connectivity index (χ1) is 6.00. The molecule has 0 amide bonds. The second-order valence-corrected chi connectivity index (χ2v) is 6.39. The molecule has 0 atom stereocenters. The lowest BCUT2D eigenvalue weighted by Crippen LogP contribution is -1.98. The average Bonchev–Trinajstić information content (AvgIpc) is 2.29. The van der Waals surface area contributed by atoms with Crippen LogP contribution in [-0.2, 0) is 6.42 Å². The number of rotatable bonds is 3. The Morgan fingerprint density at radius 2 is 1.92 bits per heavy atom. The summed E-state index contributed by atoms with van der Waals surface area (Å²) in [6.45, 7) is 8.89. The molecular formula is C10H16BrNS. The van der Waals surface area contributed by atoms with Gasteiger partial charge in [-0.1, -0.05) is 27.7 Å². The molecule has 1 heterocycles. The van der Waals surface area contributed by atoms with Gasteiger partial charge in [0.2, 0.25) is 0 Å². The van der Waals surface area contributed by atoms with Gasteiger partial charge >= 0.3 is 0 Å². The van der Waals surface area contributed by atoms with Crippen LogP contribution in [0.4, 0.5) is 0 Å². The Morgan fingerprint density at radius 3 is 2.38 bits per heavy atom. The lowest BCUT2D eigenvalue weighted by molar-refractivity contribution is 0.643. The Morgan fingerprint density at radius 1 is 1.31 bits per heavy atom. The molecule has 0 bridgehead atoms. The Hall–Kier alpha value is 0.110. The van der Waals surface area contributed by atoms with Crippen LogP contribution in [0.3, 0.4) is 0 Å². The zero-order valence-corrected chi connectivity index (χ0v) is 11.0. The number of hydrogen-bond acceptors (Lipinski definition) is 2. The topological polar surface area (TPSA) is 12.9 Å². The molecular weight excluding hydrogens is 246 g/mol. The number of thiazole rings is 1. The van der Waals surface area contributed by atoms with Gasteiger partial charge in [0.15, 0.2) is 3.92 Å². The Labute approximate surface area is 92.7 Å². The fourth-order valence-electron chi connectivity index (χ4n) is 1.30. The first kappa shape index (κ1) is 11.2. The van der Waals surface area contributed by atoms with E-state index in [-0.39, 0.29) is 0 Å². The van der Waals surface area contributed by atoms with Crippen molar-refractivity contribution < 1.29 is 0 Å². The van der Waals surface area contributed by atoms with Crippen molar-refractivity contribution in [1.29, 1.82) is 0 Å². The molecule has 13 heavy (non-hydrogen) atoms. The van der Waals surface area contributed by atoms with Crippen molar-refractivity contribution in [3.05, 3.63) is 14.5 Å². The van der Waals surface area contributed by atoms with E-state index in [4.69, 9.17) is 0 Å². The summed E-state index contributed by atoms with van der Waals surface area (Å²) in [6, 6.07) is 0. The molecule has 0 saturated heterocycles. The highest BCUT2D eigenvalue weighted by Crippen LogP contribution is 2.30. The molecule has 0 unspecified atom stereocenters. The standard InChI is InChI=1S/C10H16BrNS/c1-6(2)5-8-9(7(3)4)12-10(11)13-8/h6-7H,5H2,1-4H3. The van der Waals surface area contributed by atoms with Gasteiger partial charge in [-0.15, -0.1) is 11.3 Å². The maximum atomic E-state index is 4.50. The van der Waals surface area contributed by atoms with Gasteiger partial charge in [0.1, 0.15) is 0 Å². The third kappa shape index (κ3) is 3.06. The van der Waals surface area contributed by atoms with Gasteiger partial charge in [0.05, 0.1) is 5.69 Å². The van der Waals surface area contributed by atoms with E-state index in [1.54, 1.807) is 11.3 Å². The molecule has 1 nitrogen and oxygen atoms in total. The van der Waals surface area contributed by atoms with Crippen molar-refractivity contribution in [3.63, 3.8) is 0 Å². The van der Waals surface area contributed by atoms with Gasteiger partial charge in [-0.25, -0.2) is 4.98 Å². The Balaban J connectivity index is 2.91. The molecule has 0 saturated carbocycles. The van der Waals surface area contributed by atoms with Crippen LogP contribution < -0.4 is 0 Å².